The molecule has 0 unspecified atom stereocenters. The van der Waals surface area contributed by atoms with Crippen molar-refractivity contribution < 1.29 is 15.0 Å². The topological polar surface area (TPSA) is 57.5 Å². The third-order valence-corrected chi connectivity index (χ3v) is 1.59. The molecular weight excluding hydrogens is 156 g/mol. The van der Waals surface area contributed by atoms with Gasteiger partial charge in [0.1, 0.15) is 0 Å². The molecule has 0 amide bonds. The third kappa shape index (κ3) is 1.83. The maximum Gasteiger partial charge on any atom is 0.337 e. The average Bonchev–Trinajstić information content (AvgIpc) is 2.03. The van der Waals surface area contributed by atoms with Gasteiger partial charge < -0.3 is 10.2 Å². The molecule has 0 spiro atoms. The Bertz CT molecular complexity index is 294. The van der Waals surface area contributed by atoms with Gasteiger partial charge in [0.15, 0.2) is 6.10 Å². The van der Waals surface area contributed by atoms with Crippen molar-refractivity contribution in [2.75, 3.05) is 0 Å². The highest BCUT2D eigenvalue weighted by molar-refractivity contribution is 5.74. The Labute approximate surface area is 70.3 Å². The summed E-state index contributed by atoms with van der Waals surface area (Å²) in [7, 11) is 0. The number of aliphatic carboxylic acids is 1. The largest absolute Gasteiger partial charge is 0.479 e. The monoisotopic (exact) mass is 166 g/mol. The van der Waals surface area contributed by atoms with Crippen molar-refractivity contribution in [3.8, 4) is 0 Å². The summed E-state index contributed by atoms with van der Waals surface area (Å²) in [5, 5.41) is 17.6. The Morgan fingerprint density at radius 3 is 2.67 bits per heavy atom. The molecule has 1 rings (SSSR count). The maximum absolute atomic E-state index is 10.4. The Morgan fingerprint density at radius 2 is 2.17 bits per heavy atom. The van der Waals surface area contributed by atoms with E-state index in [4.69, 9.17) is 10.2 Å². The van der Waals surface area contributed by atoms with Crippen LogP contribution in [0.5, 0.6) is 0 Å². The van der Waals surface area contributed by atoms with Crippen molar-refractivity contribution in [1.82, 2.24) is 0 Å². The number of hydrogen-bond acceptors (Lipinski definition) is 2. The number of aliphatic hydroxyl groups excluding tert-OH is 1. The molecule has 1 aromatic carbocycles. The summed E-state index contributed by atoms with van der Waals surface area (Å²) in [4.78, 5) is 10.4. The summed E-state index contributed by atoms with van der Waals surface area (Å²) in [5.74, 6) is -1.22. The van der Waals surface area contributed by atoms with Gasteiger partial charge in [-0.2, -0.15) is 0 Å². The lowest BCUT2D eigenvalue weighted by molar-refractivity contribution is -0.146. The van der Waals surface area contributed by atoms with Crippen LogP contribution in [0, 0.1) is 6.92 Å². The van der Waals surface area contributed by atoms with Gasteiger partial charge in [0, 0.05) is 0 Å². The van der Waals surface area contributed by atoms with E-state index >= 15 is 0 Å². The van der Waals surface area contributed by atoms with Gasteiger partial charge in [-0.15, -0.1) is 0 Å². The van der Waals surface area contributed by atoms with E-state index in [1.807, 2.05) is 13.0 Å². The number of rotatable bonds is 2. The van der Waals surface area contributed by atoms with Crippen LogP contribution in [0.25, 0.3) is 0 Å². The van der Waals surface area contributed by atoms with E-state index in [1.54, 1.807) is 18.2 Å². The highest BCUT2D eigenvalue weighted by Gasteiger charge is 2.14. The molecule has 12 heavy (non-hydrogen) atoms. The van der Waals surface area contributed by atoms with Crippen LogP contribution in [0.15, 0.2) is 24.3 Å². The molecule has 0 heterocycles. The van der Waals surface area contributed by atoms with Crippen LogP contribution in [-0.4, -0.2) is 16.2 Å². The van der Waals surface area contributed by atoms with Gasteiger partial charge in [-0.1, -0.05) is 29.8 Å². The highest BCUT2D eigenvalue weighted by Crippen LogP contribution is 2.13. The Balaban J connectivity index is 2.95. The van der Waals surface area contributed by atoms with E-state index < -0.39 is 12.1 Å². The number of aryl methyl sites for hydroxylation is 1. The molecule has 3 nitrogen and oxygen atoms in total. The Morgan fingerprint density at radius 1 is 1.50 bits per heavy atom. The Hall–Kier alpha value is -1.35. The third-order valence-electron chi connectivity index (χ3n) is 1.59. The number of carboxylic acid groups (broad SMARTS) is 1. The first-order valence-electron chi connectivity index (χ1n) is 3.58. The second kappa shape index (κ2) is 3.36. The van der Waals surface area contributed by atoms with Gasteiger partial charge in [-0.25, -0.2) is 4.79 Å². The lowest BCUT2D eigenvalue weighted by Crippen LogP contribution is -2.10. The van der Waals surface area contributed by atoms with E-state index in [9.17, 15) is 4.79 Å². The van der Waals surface area contributed by atoms with Crippen LogP contribution in [0.4, 0.5) is 0 Å². The van der Waals surface area contributed by atoms with E-state index in [2.05, 4.69) is 0 Å². The average molecular weight is 166 g/mol. The maximum atomic E-state index is 10.4. The standard InChI is InChI=1S/C9H10O3/c1-6-3-2-4-7(5-6)8(10)9(11)12/h2-5,8,10H,1H3,(H,11,12)/t8-/m1/s1. The first-order chi connectivity index (χ1) is 5.61. The van der Waals surface area contributed by atoms with Gasteiger partial charge in [-0.05, 0) is 12.5 Å². The zero-order valence-electron chi connectivity index (χ0n) is 6.69. The van der Waals surface area contributed by atoms with Crippen molar-refractivity contribution in [3.63, 3.8) is 0 Å². The van der Waals surface area contributed by atoms with Crippen LogP contribution < -0.4 is 0 Å². The second-order valence-corrected chi connectivity index (χ2v) is 2.65. The summed E-state index contributed by atoms with van der Waals surface area (Å²) in [6.45, 7) is 1.85. The zero-order chi connectivity index (χ0) is 9.14. The van der Waals surface area contributed by atoms with Gasteiger partial charge in [0.2, 0.25) is 0 Å². The lowest BCUT2D eigenvalue weighted by atomic mass is 10.1. The van der Waals surface area contributed by atoms with Gasteiger partial charge in [0.25, 0.3) is 0 Å². The number of carbonyl (C=O) groups is 1. The molecule has 0 saturated carbocycles. The van der Waals surface area contributed by atoms with E-state index in [1.165, 1.54) is 0 Å². The summed E-state index contributed by atoms with van der Waals surface area (Å²) in [6.07, 6.45) is -1.41. The number of aliphatic hydroxyl groups is 1. The number of benzene rings is 1. The minimum Gasteiger partial charge on any atom is -0.479 e. The molecule has 64 valence electrons. The molecule has 1 atom stereocenters. The fourth-order valence-electron chi connectivity index (χ4n) is 0.983. The van der Waals surface area contributed by atoms with Gasteiger partial charge >= 0.3 is 5.97 Å². The normalized spacial score (nSPS) is 12.5. The number of carboxylic acids is 1. The first kappa shape index (κ1) is 8.74. The molecular formula is C9H10O3. The van der Waals surface area contributed by atoms with E-state index in [0.29, 0.717) is 5.56 Å². The molecule has 0 aliphatic carbocycles. The minimum atomic E-state index is -1.41. The summed E-state index contributed by atoms with van der Waals surface area (Å²) in [5.41, 5.74) is 1.36. The van der Waals surface area contributed by atoms with Crippen molar-refractivity contribution in [2.45, 2.75) is 13.0 Å². The molecule has 0 fully saturated rings. The summed E-state index contributed by atoms with van der Waals surface area (Å²) >= 11 is 0. The van der Waals surface area contributed by atoms with Crippen molar-refractivity contribution in [3.05, 3.63) is 35.4 Å². The summed E-state index contributed by atoms with van der Waals surface area (Å²) in [6, 6.07) is 6.81. The van der Waals surface area contributed by atoms with Crippen molar-refractivity contribution in [2.24, 2.45) is 0 Å². The van der Waals surface area contributed by atoms with Crippen LogP contribution in [0.2, 0.25) is 0 Å². The van der Waals surface area contributed by atoms with Crippen molar-refractivity contribution >= 4 is 5.97 Å². The van der Waals surface area contributed by atoms with Crippen molar-refractivity contribution in [1.29, 1.82) is 0 Å². The lowest BCUT2D eigenvalue weighted by Gasteiger charge is -2.05. The zero-order valence-corrected chi connectivity index (χ0v) is 6.69. The first-order valence-corrected chi connectivity index (χ1v) is 3.58. The molecule has 2 N–H and O–H groups in total. The Kier molecular flexibility index (Phi) is 2.45. The molecule has 0 saturated heterocycles. The molecule has 0 aromatic heterocycles. The molecule has 0 aliphatic heterocycles. The fraction of sp³-hybridized carbons (Fsp3) is 0.222. The van der Waals surface area contributed by atoms with Crippen LogP contribution in [0.1, 0.15) is 17.2 Å². The predicted octanol–water partition coefficient (Wildman–Crippen LogP) is 1.11. The fourth-order valence-corrected chi connectivity index (χ4v) is 0.983. The highest BCUT2D eigenvalue weighted by atomic mass is 16.4. The van der Waals surface area contributed by atoms with Gasteiger partial charge in [-0.3, -0.25) is 0 Å². The smallest absolute Gasteiger partial charge is 0.337 e. The van der Waals surface area contributed by atoms with Crippen LogP contribution in [-0.2, 0) is 4.79 Å². The predicted molar refractivity (Wildman–Crippen MR) is 43.8 cm³/mol. The molecule has 1 aromatic rings. The quantitative estimate of drug-likeness (QED) is 0.692. The molecule has 3 heteroatoms. The summed E-state index contributed by atoms with van der Waals surface area (Å²) < 4.78 is 0. The van der Waals surface area contributed by atoms with Crippen LogP contribution in [0.3, 0.4) is 0 Å². The SMILES string of the molecule is Cc1cccc([C@@H](O)C(=O)O)c1. The number of hydrogen-bond donors (Lipinski definition) is 2. The minimum absolute atomic E-state index is 0.419. The molecule has 0 bridgehead atoms. The van der Waals surface area contributed by atoms with Gasteiger partial charge in [0.05, 0.1) is 0 Å². The molecule has 0 aliphatic rings. The van der Waals surface area contributed by atoms with Crippen LogP contribution >= 0.6 is 0 Å². The van der Waals surface area contributed by atoms with E-state index in [0.717, 1.165) is 5.56 Å². The van der Waals surface area contributed by atoms with E-state index in [-0.39, 0.29) is 0 Å². The molecule has 0 radical (unpaired) electrons. The second-order valence-electron chi connectivity index (χ2n) is 2.65.